The van der Waals surface area contributed by atoms with Crippen LogP contribution in [0.25, 0.3) is 0 Å². The summed E-state index contributed by atoms with van der Waals surface area (Å²) in [6.45, 7) is 4.60. The Hall–Kier alpha value is -2.61. The van der Waals surface area contributed by atoms with E-state index in [2.05, 4.69) is 30.2 Å². The molecule has 0 amide bonds. The third-order valence-electron chi connectivity index (χ3n) is 4.04. The van der Waals surface area contributed by atoms with Crippen molar-refractivity contribution in [3.8, 4) is 0 Å². The monoisotopic (exact) mass is 370 g/mol. The lowest BCUT2D eigenvalue weighted by Crippen LogP contribution is -2.20. The molecule has 0 spiro atoms. The van der Waals surface area contributed by atoms with Crippen LogP contribution in [-0.2, 0) is 12.2 Å². The van der Waals surface area contributed by atoms with E-state index in [1.54, 1.807) is 30.5 Å². The van der Waals surface area contributed by atoms with Gasteiger partial charge in [-0.3, -0.25) is 14.8 Å². The second kappa shape index (κ2) is 8.66. The summed E-state index contributed by atoms with van der Waals surface area (Å²) in [5.74, 6) is 2.27. The maximum absolute atomic E-state index is 12.4. The van der Waals surface area contributed by atoms with Crippen molar-refractivity contribution in [1.82, 2.24) is 24.9 Å². The van der Waals surface area contributed by atoms with Gasteiger partial charge in [-0.2, -0.15) is 11.8 Å². The van der Waals surface area contributed by atoms with Crippen LogP contribution in [0.1, 0.15) is 28.2 Å². The Morgan fingerprint density at radius 3 is 2.88 bits per heavy atom. The fourth-order valence-corrected chi connectivity index (χ4v) is 3.43. The first kappa shape index (κ1) is 18.2. The van der Waals surface area contributed by atoms with E-state index in [9.17, 15) is 4.79 Å². The summed E-state index contributed by atoms with van der Waals surface area (Å²) in [6.07, 6.45) is 5.73. The van der Waals surface area contributed by atoms with Crippen LogP contribution in [0.5, 0.6) is 0 Å². The van der Waals surface area contributed by atoms with Crippen LogP contribution in [0.4, 0.5) is 5.95 Å². The van der Waals surface area contributed by atoms with Gasteiger partial charge in [0, 0.05) is 48.1 Å². The number of anilines is 1. The average Bonchev–Trinajstić information content (AvgIpc) is 3.04. The van der Waals surface area contributed by atoms with E-state index < -0.39 is 0 Å². The van der Waals surface area contributed by atoms with E-state index in [0.717, 1.165) is 40.7 Å². The number of H-pyrrole nitrogens is 2. The van der Waals surface area contributed by atoms with Gasteiger partial charge in [0.05, 0.1) is 17.7 Å². The van der Waals surface area contributed by atoms with Crippen molar-refractivity contribution in [1.29, 1.82) is 0 Å². The predicted molar refractivity (Wildman–Crippen MR) is 105 cm³/mol. The Morgan fingerprint density at radius 2 is 2.19 bits per heavy atom. The molecule has 3 aromatic heterocycles. The van der Waals surface area contributed by atoms with Gasteiger partial charge in [-0.05, 0) is 25.5 Å². The maximum atomic E-state index is 12.4. The Bertz CT molecular complexity index is 906. The zero-order valence-corrected chi connectivity index (χ0v) is 15.7. The van der Waals surface area contributed by atoms with Gasteiger partial charge in [0.2, 0.25) is 5.95 Å². The first-order valence-corrected chi connectivity index (χ1v) is 9.58. The molecule has 0 fully saturated rings. The van der Waals surface area contributed by atoms with Crippen molar-refractivity contribution >= 4 is 17.7 Å². The number of aryl methyl sites for hydroxylation is 2. The molecule has 0 bridgehead atoms. The minimum Gasteiger partial charge on any atom is -0.355 e. The summed E-state index contributed by atoms with van der Waals surface area (Å²) < 4.78 is 0. The Labute approximate surface area is 156 Å². The van der Waals surface area contributed by atoms with Crippen molar-refractivity contribution in [3.05, 3.63) is 69.4 Å². The van der Waals surface area contributed by atoms with Gasteiger partial charge in [-0.1, -0.05) is 6.07 Å². The van der Waals surface area contributed by atoms with Crippen molar-refractivity contribution < 1.29 is 0 Å². The lowest BCUT2D eigenvalue weighted by Gasteiger charge is -2.09. The number of imidazole rings is 1. The number of nitrogens with zero attached hydrogens (tertiary/aromatic N) is 3. The minimum absolute atomic E-state index is 0.108. The van der Waals surface area contributed by atoms with E-state index in [1.165, 1.54) is 0 Å². The van der Waals surface area contributed by atoms with E-state index in [4.69, 9.17) is 0 Å². The van der Waals surface area contributed by atoms with Crippen LogP contribution in [-0.4, -0.2) is 37.2 Å². The van der Waals surface area contributed by atoms with Crippen LogP contribution < -0.4 is 10.9 Å². The van der Waals surface area contributed by atoms with Gasteiger partial charge in [-0.15, -0.1) is 0 Å². The Balaban J connectivity index is 1.53. The molecule has 136 valence electrons. The fraction of sp³-hybridized carbons (Fsp3) is 0.333. The second-order valence-electron chi connectivity index (χ2n) is 5.97. The number of pyridine rings is 1. The topological polar surface area (TPSA) is 99.4 Å². The van der Waals surface area contributed by atoms with Gasteiger partial charge in [0.15, 0.2) is 0 Å². The molecule has 0 saturated carbocycles. The summed E-state index contributed by atoms with van der Waals surface area (Å²) in [7, 11) is 0. The molecule has 0 atom stereocenters. The molecular weight excluding hydrogens is 348 g/mol. The number of hydrogen-bond acceptors (Lipinski definition) is 6. The lowest BCUT2D eigenvalue weighted by molar-refractivity contribution is 0.964. The molecule has 0 saturated heterocycles. The molecule has 0 unspecified atom stereocenters. The summed E-state index contributed by atoms with van der Waals surface area (Å²) in [5, 5.41) is 3.18. The maximum Gasteiger partial charge on any atom is 0.256 e. The van der Waals surface area contributed by atoms with E-state index in [0.29, 0.717) is 17.9 Å². The summed E-state index contributed by atoms with van der Waals surface area (Å²) >= 11 is 1.79. The molecule has 7 nitrogen and oxygen atoms in total. The van der Waals surface area contributed by atoms with E-state index in [-0.39, 0.29) is 5.56 Å². The molecule has 3 heterocycles. The highest BCUT2D eigenvalue weighted by Crippen LogP contribution is 2.13. The third-order valence-corrected chi connectivity index (χ3v) is 5.01. The molecule has 8 heteroatoms. The number of nitrogens with one attached hydrogen (secondary N) is 3. The van der Waals surface area contributed by atoms with E-state index in [1.807, 2.05) is 26.0 Å². The SMILES string of the molecule is Cc1nc(NCCSCc2nc[nH]c2C)[nH]c(=O)c1Cc1cccnc1. The number of aromatic nitrogens is 5. The Morgan fingerprint density at radius 1 is 1.31 bits per heavy atom. The first-order valence-electron chi connectivity index (χ1n) is 8.42. The third kappa shape index (κ3) is 4.72. The largest absolute Gasteiger partial charge is 0.355 e. The number of hydrogen-bond donors (Lipinski definition) is 3. The highest BCUT2D eigenvalue weighted by Gasteiger charge is 2.09. The molecule has 0 aromatic carbocycles. The van der Waals surface area contributed by atoms with Crippen molar-refractivity contribution in [3.63, 3.8) is 0 Å². The highest BCUT2D eigenvalue weighted by atomic mass is 32.2. The number of thioether (sulfide) groups is 1. The van der Waals surface area contributed by atoms with Gasteiger partial charge >= 0.3 is 0 Å². The van der Waals surface area contributed by atoms with Crippen molar-refractivity contribution in [2.75, 3.05) is 17.6 Å². The predicted octanol–water partition coefficient (Wildman–Crippen LogP) is 2.44. The van der Waals surface area contributed by atoms with Crippen LogP contribution in [0.3, 0.4) is 0 Å². The standard InChI is InChI=1S/C18H22N6OS/c1-12-15(8-14-4-3-5-19-9-14)17(25)24-18(23-12)20-6-7-26-10-16-13(2)21-11-22-16/h3-5,9,11H,6-8,10H2,1-2H3,(H,21,22)(H2,20,23,24,25). The lowest BCUT2D eigenvalue weighted by atomic mass is 10.1. The smallest absolute Gasteiger partial charge is 0.256 e. The van der Waals surface area contributed by atoms with Crippen LogP contribution in [0.15, 0.2) is 35.6 Å². The Kier molecular flexibility index (Phi) is 6.06. The molecule has 0 aliphatic rings. The summed E-state index contributed by atoms with van der Waals surface area (Å²) in [4.78, 5) is 31.1. The number of rotatable bonds is 8. The van der Waals surface area contributed by atoms with Crippen LogP contribution >= 0.6 is 11.8 Å². The van der Waals surface area contributed by atoms with Gasteiger partial charge in [0.25, 0.3) is 5.56 Å². The van der Waals surface area contributed by atoms with Crippen LogP contribution in [0, 0.1) is 13.8 Å². The quantitative estimate of drug-likeness (QED) is 0.527. The molecule has 3 rings (SSSR count). The molecule has 0 aliphatic heterocycles. The molecule has 3 N–H and O–H groups in total. The van der Waals surface area contributed by atoms with E-state index >= 15 is 0 Å². The summed E-state index contributed by atoms with van der Waals surface area (Å²) in [6, 6.07) is 3.82. The number of aromatic amines is 2. The summed E-state index contributed by atoms with van der Waals surface area (Å²) in [5.41, 5.74) is 4.48. The van der Waals surface area contributed by atoms with Gasteiger partial charge < -0.3 is 10.3 Å². The average molecular weight is 370 g/mol. The minimum atomic E-state index is -0.108. The van der Waals surface area contributed by atoms with Crippen molar-refractivity contribution in [2.45, 2.75) is 26.0 Å². The highest BCUT2D eigenvalue weighted by molar-refractivity contribution is 7.98. The normalized spacial score (nSPS) is 10.8. The second-order valence-corrected chi connectivity index (χ2v) is 7.08. The zero-order valence-electron chi connectivity index (χ0n) is 14.9. The van der Waals surface area contributed by atoms with Gasteiger partial charge in [-0.25, -0.2) is 9.97 Å². The van der Waals surface area contributed by atoms with Gasteiger partial charge in [0.1, 0.15) is 0 Å². The molecule has 3 aromatic rings. The fourth-order valence-electron chi connectivity index (χ4n) is 2.55. The first-order chi connectivity index (χ1) is 12.6. The van der Waals surface area contributed by atoms with Crippen LogP contribution in [0.2, 0.25) is 0 Å². The molecular formula is C18H22N6OS. The zero-order chi connectivity index (χ0) is 18.4. The molecule has 26 heavy (non-hydrogen) atoms. The molecule has 0 aliphatic carbocycles. The van der Waals surface area contributed by atoms with Crippen molar-refractivity contribution in [2.24, 2.45) is 0 Å². The molecule has 0 radical (unpaired) electrons.